The van der Waals surface area contributed by atoms with Gasteiger partial charge in [0.25, 0.3) is 0 Å². The molecule has 3 heteroatoms. The van der Waals surface area contributed by atoms with Gasteiger partial charge in [-0.2, -0.15) is 0 Å². The Morgan fingerprint density at radius 3 is 2.33 bits per heavy atom. The van der Waals surface area contributed by atoms with Crippen LogP contribution in [0.15, 0.2) is 11.6 Å². The zero-order valence-electron chi connectivity index (χ0n) is 22.1. The van der Waals surface area contributed by atoms with E-state index in [4.69, 9.17) is 4.74 Å². The highest BCUT2D eigenvalue weighted by Crippen LogP contribution is 2.76. The van der Waals surface area contributed by atoms with Gasteiger partial charge in [-0.1, -0.05) is 53.2 Å². The van der Waals surface area contributed by atoms with E-state index in [0.717, 1.165) is 25.7 Å². The maximum absolute atomic E-state index is 12.8. The van der Waals surface area contributed by atoms with Crippen molar-refractivity contribution in [2.24, 2.45) is 50.2 Å². The summed E-state index contributed by atoms with van der Waals surface area (Å²) in [6, 6.07) is 0. The highest BCUT2D eigenvalue weighted by molar-refractivity contribution is 5.79. The lowest BCUT2D eigenvalue weighted by Gasteiger charge is -2.71. The Morgan fingerprint density at radius 1 is 0.879 bits per heavy atom. The summed E-state index contributed by atoms with van der Waals surface area (Å²) in [6.07, 6.45) is 12.6. The number of aliphatic hydroxyl groups is 1. The number of hydrogen-bond acceptors (Lipinski definition) is 3. The summed E-state index contributed by atoms with van der Waals surface area (Å²) < 4.78 is 6.03. The van der Waals surface area contributed by atoms with Crippen LogP contribution >= 0.6 is 0 Å². The molecular weight excluding hydrogens is 408 g/mol. The average molecular weight is 455 g/mol. The molecule has 1 saturated heterocycles. The first-order chi connectivity index (χ1) is 15.2. The molecule has 4 saturated carbocycles. The zero-order chi connectivity index (χ0) is 23.8. The Balaban J connectivity index is 1.43. The van der Waals surface area contributed by atoms with E-state index in [-0.39, 0.29) is 50.7 Å². The van der Waals surface area contributed by atoms with E-state index in [0.29, 0.717) is 17.8 Å². The van der Waals surface area contributed by atoms with E-state index in [1.165, 1.54) is 32.1 Å². The molecule has 1 aliphatic heterocycles. The Morgan fingerprint density at radius 2 is 1.61 bits per heavy atom. The van der Waals surface area contributed by atoms with Gasteiger partial charge in [0.05, 0.1) is 11.5 Å². The van der Waals surface area contributed by atoms with E-state index in [9.17, 15) is 9.90 Å². The normalized spacial score (nSPS) is 58.8. The van der Waals surface area contributed by atoms with E-state index in [1.807, 2.05) is 0 Å². The molecule has 1 N–H and O–H groups in total. The second kappa shape index (κ2) is 6.29. The number of aliphatic hydroxyl groups excluding tert-OH is 1. The molecule has 3 nitrogen and oxygen atoms in total. The highest BCUT2D eigenvalue weighted by atomic mass is 16.6. The van der Waals surface area contributed by atoms with Crippen LogP contribution in [-0.4, -0.2) is 23.3 Å². The summed E-state index contributed by atoms with van der Waals surface area (Å²) >= 11 is 0. The van der Waals surface area contributed by atoms with Gasteiger partial charge >= 0.3 is 5.97 Å². The summed E-state index contributed by atoms with van der Waals surface area (Å²) in [7, 11) is 0. The minimum atomic E-state index is -0.293. The molecule has 6 rings (SSSR count). The van der Waals surface area contributed by atoms with Crippen LogP contribution in [0.4, 0.5) is 0 Å². The third-order valence-electron chi connectivity index (χ3n) is 13.6. The fourth-order valence-electron chi connectivity index (χ4n) is 11.1. The van der Waals surface area contributed by atoms with Crippen LogP contribution < -0.4 is 0 Å². The van der Waals surface area contributed by atoms with Gasteiger partial charge in [-0.3, -0.25) is 4.79 Å². The van der Waals surface area contributed by atoms with Gasteiger partial charge in [0.15, 0.2) is 0 Å². The van der Waals surface area contributed by atoms with Crippen LogP contribution in [0, 0.1) is 50.2 Å². The van der Waals surface area contributed by atoms with Crippen LogP contribution in [-0.2, 0) is 9.53 Å². The fourth-order valence-corrected chi connectivity index (χ4v) is 11.1. The molecule has 5 aliphatic carbocycles. The van der Waals surface area contributed by atoms with Crippen LogP contribution in [0.3, 0.4) is 0 Å². The van der Waals surface area contributed by atoms with Crippen molar-refractivity contribution in [2.75, 3.05) is 0 Å². The van der Waals surface area contributed by atoms with E-state index < -0.39 is 0 Å². The maximum atomic E-state index is 12.8. The second-order valence-corrected chi connectivity index (χ2v) is 15.1. The first-order valence-corrected chi connectivity index (χ1v) is 13.8. The molecule has 6 aliphatic rings. The lowest BCUT2D eigenvalue weighted by atomic mass is 9.33. The number of esters is 1. The zero-order valence-corrected chi connectivity index (χ0v) is 22.1. The van der Waals surface area contributed by atoms with Crippen molar-refractivity contribution in [1.82, 2.24) is 0 Å². The predicted octanol–water partition coefficient (Wildman–Crippen LogP) is 6.68. The molecule has 0 aromatic rings. The van der Waals surface area contributed by atoms with Crippen molar-refractivity contribution < 1.29 is 14.6 Å². The molecule has 1 heterocycles. The van der Waals surface area contributed by atoms with Crippen molar-refractivity contribution in [3.8, 4) is 0 Å². The second-order valence-electron chi connectivity index (χ2n) is 15.1. The summed E-state index contributed by atoms with van der Waals surface area (Å²) in [5, 5.41) is 10.9. The monoisotopic (exact) mass is 454 g/mol. The number of allylic oxidation sites excluding steroid dienone is 2. The molecule has 184 valence electrons. The Kier molecular flexibility index (Phi) is 4.31. The highest BCUT2D eigenvalue weighted by Gasteiger charge is 2.70. The van der Waals surface area contributed by atoms with Crippen molar-refractivity contribution in [2.45, 2.75) is 118 Å². The van der Waals surface area contributed by atoms with Gasteiger partial charge in [-0.15, -0.1) is 0 Å². The minimum Gasteiger partial charge on any atom is -0.461 e. The molecule has 0 aromatic carbocycles. The smallest absolute Gasteiger partial charge is 0.312 e. The third-order valence-corrected chi connectivity index (χ3v) is 13.6. The Hall–Kier alpha value is -0.830. The first-order valence-electron chi connectivity index (χ1n) is 13.8. The molecule has 2 bridgehead atoms. The molecule has 0 unspecified atom stereocenters. The summed E-state index contributed by atoms with van der Waals surface area (Å²) in [4.78, 5) is 12.8. The standard InChI is InChI=1S/C30H46O3/c1-25(2)20-10-13-30(7)21(28(20,5)12-11-22(25)31)9-8-18-19-16-26(3)17-23(33-24(26)32)27(19,4)14-15-29(18,30)6/h8,19-23,31H,9-17H2,1-7H3/t19-,20-,21-,22+,23-,26-,27+,28+,29+,30+/m1/s1. The SMILES string of the molecule is CC1(C)[C@H]2CC[C@@]3(C)[C@H](CC=C4[C@H]5C[C@]6(C)C[C@@H](OC6=O)[C@@]5(C)CC[C@@]43C)[C@@]2(C)CC[C@@H]1O. The Bertz CT molecular complexity index is 935. The molecule has 5 fully saturated rings. The topological polar surface area (TPSA) is 46.5 Å². The number of carbonyl (C=O) groups is 1. The van der Waals surface area contributed by atoms with Crippen LogP contribution in [0.2, 0.25) is 0 Å². The molecule has 0 amide bonds. The van der Waals surface area contributed by atoms with Gasteiger partial charge in [0.2, 0.25) is 0 Å². The number of carbonyl (C=O) groups excluding carboxylic acids is 1. The maximum Gasteiger partial charge on any atom is 0.312 e. The number of rotatable bonds is 0. The lowest BCUT2D eigenvalue weighted by Crippen LogP contribution is -2.65. The van der Waals surface area contributed by atoms with Crippen LogP contribution in [0.25, 0.3) is 0 Å². The van der Waals surface area contributed by atoms with Gasteiger partial charge in [-0.05, 0) is 97.7 Å². The van der Waals surface area contributed by atoms with Gasteiger partial charge in [-0.25, -0.2) is 0 Å². The number of fused-ring (bicyclic) bond motifs is 10. The van der Waals surface area contributed by atoms with Gasteiger partial charge in [0.1, 0.15) is 6.10 Å². The fraction of sp³-hybridized carbons (Fsp3) is 0.900. The number of ether oxygens (including phenoxy) is 1. The summed E-state index contributed by atoms with van der Waals surface area (Å²) in [5.41, 5.74) is 2.25. The predicted molar refractivity (Wildman–Crippen MR) is 130 cm³/mol. The average Bonchev–Trinajstić information content (AvgIpc) is 3.00. The Labute approximate surface area is 201 Å². The van der Waals surface area contributed by atoms with Crippen LogP contribution in [0.1, 0.15) is 106 Å². The first kappa shape index (κ1) is 22.6. The van der Waals surface area contributed by atoms with Crippen molar-refractivity contribution in [1.29, 1.82) is 0 Å². The van der Waals surface area contributed by atoms with Crippen LogP contribution in [0.5, 0.6) is 0 Å². The lowest BCUT2D eigenvalue weighted by molar-refractivity contribution is -0.204. The molecule has 0 spiro atoms. The number of hydrogen-bond donors (Lipinski definition) is 1. The molecule has 0 radical (unpaired) electrons. The quantitative estimate of drug-likeness (QED) is 0.328. The molecule has 10 atom stereocenters. The molecule has 33 heavy (non-hydrogen) atoms. The minimum absolute atomic E-state index is 0.000773. The van der Waals surface area contributed by atoms with Crippen molar-refractivity contribution in [3.63, 3.8) is 0 Å². The van der Waals surface area contributed by atoms with Gasteiger partial charge < -0.3 is 9.84 Å². The molecule has 0 aromatic heterocycles. The van der Waals surface area contributed by atoms with Crippen molar-refractivity contribution in [3.05, 3.63) is 11.6 Å². The molecular formula is C30H46O3. The van der Waals surface area contributed by atoms with E-state index in [2.05, 4.69) is 54.5 Å². The third kappa shape index (κ3) is 2.44. The summed E-state index contributed by atoms with van der Waals surface area (Å²) in [5.74, 6) is 1.79. The van der Waals surface area contributed by atoms with Crippen molar-refractivity contribution >= 4 is 5.97 Å². The van der Waals surface area contributed by atoms with E-state index >= 15 is 0 Å². The summed E-state index contributed by atoms with van der Waals surface area (Å²) in [6.45, 7) is 17.1. The van der Waals surface area contributed by atoms with Gasteiger partial charge in [0, 0.05) is 11.8 Å². The largest absolute Gasteiger partial charge is 0.461 e. The van der Waals surface area contributed by atoms with E-state index in [1.54, 1.807) is 5.57 Å².